The Kier molecular flexibility index (Phi) is 3.93. The van der Waals surface area contributed by atoms with Crippen molar-refractivity contribution in [2.75, 3.05) is 12.8 Å². The Bertz CT molecular complexity index is 634. The number of carbonyl (C=O) groups is 1. The standard InChI is InChI=1S/C14H18N4O2/c1-9-10(8-17-18(9)2)7-16-14(19)11-5-4-6-12(15)13(11)20-3/h4-6,8H,7,15H2,1-3H3,(H,16,19). The summed E-state index contributed by atoms with van der Waals surface area (Å²) in [5.41, 5.74) is 8.65. The number of para-hydroxylation sites is 1. The van der Waals surface area contributed by atoms with Gasteiger partial charge in [0.2, 0.25) is 0 Å². The molecular weight excluding hydrogens is 256 g/mol. The third-order valence-corrected chi connectivity index (χ3v) is 3.27. The average molecular weight is 274 g/mol. The minimum absolute atomic E-state index is 0.225. The SMILES string of the molecule is COc1c(N)cccc1C(=O)NCc1cnn(C)c1C. The van der Waals surface area contributed by atoms with Gasteiger partial charge in [0, 0.05) is 24.8 Å². The zero-order valence-electron chi connectivity index (χ0n) is 11.8. The maximum absolute atomic E-state index is 12.2. The number of anilines is 1. The first-order valence-corrected chi connectivity index (χ1v) is 6.22. The number of nitrogens with one attached hydrogen (secondary N) is 1. The summed E-state index contributed by atoms with van der Waals surface area (Å²) in [4.78, 5) is 12.2. The number of nitrogens with zero attached hydrogens (tertiary/aromatic N) is 2. The van der Waals surface area contributed by atoms with Crippen LogP contribution in [0.1, 0.15) is 21.6 Å². The molecule has 2 rings (SSSR count). The van der Waals surface area contributed by atoms with Gasteiger partial charge in [-0.25, -0.2) is 0 Å². The summed E-state index contributed by atoms with van der Waals surface area (Å²) in [5.74, 6) is 0.172. The summed E-state index contributed by atoms with van der Waals surface area (Å²) in [6.07, 6.45) is 1.74. The van der Waals surface area contributed by atoms with Gasteiger partial charge in [-0.2, -0.15) is 5.10 Å². The molecule has 0 saturated heterocycles. The highest BCUT2D eigenvalue weighted by Crippen LogP contribution is 2.25. The molecule has 0 aliphatic heterocycles. The second kappa shape index (κ2) is 5.64. The van der Waals surface area contributed by atoms with Gasteiger partial charge in [0.15, 0.2) is 5.75 Å². The summed E-state index contributed by atoms with van der Waals surface area (Å²) < 4.78 is 6.94. The van der Waals surface area contributed by atoms with Gasteiger partial charge in [0.1, 0.15) is 0 Å². The topological polar surface area (TPSA) is 82.2 Å². The van der Waals surface area contributed by atoms with E-state index in [1.807, 2.05) is 14.0 Å². The lowest BCUT2D eigenvalue weighted by molar-refractivity contribution is 0.0948. The predicted octanol–water partition coefficient (Wildman–Crippen LogP) is 1.25. The lowest BCUT2D eigenvalue weighted by atomic mass is 10.1. The molecule has 1 aromatic heterocycles. The number of hydrogen-bond donors (Lipinski definition) is 2. The third-order valence-electron chi connectivity index (χ3n) is 3.27. The first-order chi connectivity index (χ1) is 9.54. The molecule has 106 valence electrons. The third kappa shape index (κ3) is 2.59. The van der Waals surface area contributed by atoms with E-state index >= 15 is 0 Å². The number of ether oxygens (including phenoxy) is 1. The summed E-state index contributed by atoms with van der Waals surface area (Å²) >= 11 is 0. The Hall–Kier alpha value is -2.50. The van der Waals surface area contributed by atoms with Crippen molar-refractivity contribution in [1.29, 1.82) is 0 Å². The van der Waals surface area contributed by atoms with Crippen LogP contribution < -0.4 is 15.8 Å². The first kappa shape index (κ1) is 13.9. The Morgan fingerprint density at radius 2 is 2.25 bits per heavy atom. The van der Waals surface area contributed by atoms with E-state index in [9.17, 15) is 4.79 Å². The van der Waals surface area contributed by atoms with E-state index in [1.54, 1.807) is 29.1 Å². The lowest BCUT2D eigenvalue weighted by Gasteiger charge is -2.11. The van der Waals surface area contributed by atoms with Gasteiger partial charge in [-0.15, -0.1) is 0 Å². The molecule has 0 bridgehead atoms. The summed E-state index contributed by atoms with van der Waals surface area (Å²) in [6.45, 7) is 2.37. The van der Waals surface area contributed by atoms with E-state index in [-0.39, 0.29) is 5.91 Å². The molecule has 0 spiro atoms. The second-order valence-electron chi connectivity index (χ2n) is 4.49. The van der Waals surface area contributed by atoms with Gasteiger partial charge in [-0.05, 0) is 19.1 Å². The highest BCUT2D eigenvalue weighted by molar-refractivity contribution is 5.98. The van der Waals surface area contributed by atoms with Crippen molar-refractivity contribution in [1.82, 2.24) is 15.1 Å². The zero-order chi connectivity index (χ0) is 14.7. The molecule has 0 saturated carbocycles. The Morgan fingerprint density at radius 3 is 2.85 bits per heavy atom. The number of aromatic nitrogens is 2. The van der Waals surface area contributed by atoms with E-state index in [1.165, 1.54) is 7.11 Å². The van der Waals surface area contributed by atoms with Crippen molar-refractivity contribution in [3.05, 3.63) is 41.2 Å². The average Bonchev–Trinajstić information content (AvgIpc) is 2.76. The zero-order valence-corrected chi connectivity index (χ0v) is 11.8. The predicted molar refractivity (Wildman–Crippen MR) is 76.5 cm³/mol. The Balaban J connectivity index is 2.13. The highest BCUT2D eigenvalue weighted by Gasteiger charge is 2.14. The molecule has 1 aromatic carbocycles. The molecule has 2 aromatic rings. The molecular formula is C14H18N4O2. The van der Waals surface area contributed by atoms with Crippen molar-refractivity contribution in [3.63, 3.8) is 0 Å². The number of aryl methyl sites for hydroxylation is 1. The fourth-order valence-electron chi connectivity index (χ4n) is 1.95. The number of rotatable bonds is 4. The highest BCUT2D eigenvalue weighted by atomic mass is 16.5. The van der Waals surface area contributed by atoms with E-state index in [0.29, 0.717) is 23.5 Å². The molecule has 20 heavy (non-hydrogen) atoms. The maximum Gasteiger partial charge on any atom is 0.255 e. The van der Waals surface area contributed by atoms with Crippen LogP contribution in [0.2, 0.25) is 0 Å². The van der Waals surface area contributed by atoms with Crippen molar-refractivity contribution < 1.29 is 9.53 Å². The molecule has 0 atom stereocenters. The first-order valence-electron chi connectivity index (χ1n) is 6.22. The molecule has 6 nitrogen and oxygen atoms in total. The summed E-state index contributed by atoms with van der Waals surface area (Å²) in [6, 6.07) is 5.10. The van der Waals surface area contributed by atoms with Crippen LogP contribution in [0.25, 0.3) is 0 Å². The quantitative estimate of drug-likeness (QED) is 0.822. The van der Waals surface area contributed by atoms with Crippen molar-refractivity contribution in [3.8, 4) is 5.75 Å². The van der Waals surface area contributed by atoms with Crippen molar-refractivity contribution >= 4 is 11.6 Å². The molecule has 0 fully saturated rings. The Labute approximate surface area is 117 Å². The fourth-order valence-corrected chi connectivity index (χ4v) is 1.95. The number of amides is 1. The molecule has 0 aliphatic carbocycles. The van der Waals surface area contributed by atoms with E-state index in [4.69, 9.17) is 10.5 Å². The number of nitrogen functional groups attached to an aromatic ring is 1. The van der Waals surface area contributed by atoms with E-state index in [0.717, 1.165) is 11.3 Å². The second-order valence-corrected chi connectivity index (χ2v) is 4.49. The molecule has 1 amide bonds. The van der Waals surface area contributed by atoms with Crippen LogP contribution >= 0.6 is 0 Å². The number of hydrogen-bond acceptors (Lipinski definition) is 4. The van der Waals surface area contributed by atoms with Crippen LogP contribution in [-0.4, -0.2) is 22.8 Å². The number of methoxy groups -OCH3 is 1. The van der Waals surface area contributed by atoms with Crippen LogP contribution in [0.15, 0.2) is 24.4 Å². The van der Waals surface area contributed by atoms with Crippen LogP contribution in [0, 0.1) is 6.92 Å². The minimum atomic E-state index is -0.225. The summed E-state index contributed by atoms with van der Waals surface area (Å²) in [5, 5.41) is 6.98. The number of nitrogens with two attached hydrogens (primary N) is 1. The monoisotopic (exact) mass is 274 g/mol. The van der Waals surface area contributed by atoms with Crippen LogP contribution in [0.5, 0.6) is 5.75 Å². The van der Waals surface area contributed by atoms with E-state index in [2.05, 4.69) is 10.4 Å². The summed E-state index contributed by atoms with van der Waals surface area (Å²) in [7, 11) is 3.36. The largest absolute Gasteiger partial charge is 0.494 e. The van der Waals surface area contributed by atoms with Gasteiger partial charge in [0.05, 0.1) is 24.6 Å². The minimum Gasteiger partial charge on any atom is -0.494 e. The van der Waals surface area contributed by atoms with E-state index < -0.39 is 0 Å². The molecule has 0 radical (unpaired) electrons. The Morgan fingerprint density at radius 1 is 1.50 bits per heavy atom. The molecule has 6 heteroatoms. The lowest BCUT2D eigenvalue weighted by Crippen LogP contribution is -2.23. The maximum atomic E-state index is 12.2. The van der Waals surface area contributed by atoms with Crippen molar-refractivity contribution in [2.24, 2.45) is 7.05 Å². The molecule has 3 N–H and O–H groups in total. The van der Waals surface area contributed by atoms with Gasteiger partial charge in [-0.3, -0.25) is 9.48 Å². The number of carbonyl (C=O) groups excluding carboxylic acids is 1. The van der Waals surface area contributed by atoms with Gasteiger partial charge < -0.3 is 15.8 Å². The molecule has 0 aliphatic rings. The smallest absolute Gasteiger partial charge is 0.255 e. The van der Waals surface area contributed by atoms with Crippen LogP contribution in [0.3, 0.4) is 0 Å². The van der Waals surface area contributed by atoms with Crippen molar-refractivity contribution in [2.45, 2.75) is 13.5 Å². The molecule has 0 unspecified atom stereocenters. The van der Waals surface area contributed by atoms with Gasteiger partial charge in [0.25, 0.3) is 5.91 Å². The fraction of sp³-hybridized carbons (Fsp3) is 0.286. The van der Waals surface area contributed by atoms with Gasteiger partial charge >= 0.3 is 0 Å². The number of benzene rings is 1. The normalized spacial score (nSPS) is 10.3. The van der Waals surface area contributed by atoms with Crippen LogP contribution in [-0.2, 0) is 13.6 Å². The van der Waals surface area contributed by atoms with Crippen LogP contribution in [0.4, 0.5) is 5.69 Å². The van der Waals surface area contributed by atoms with Gasteiger partial charge in [-0.1, -0.05) is 6.07 Å². The molecule has 1 heterocycles.